The fraction of sp³-hybridized carbons (Fsp3) is 0.603. The second-order valence-electron chi connectivity index (χ2n) is 20.6. The number of hydrogen-bond donors (Lipinski definition) is 0. The van der Waals surface area contributed by atoms with E-state index in [9.17, 15) is 14.4 Å². The lowest BCUT2D eigenvalue weighted by Gasteiger charge is -2.18. The average Bonchev–Trinajstić information content (AvgIpc) is 3.45. The summed E-state index contributed by atoms with van der Waals surface area (Å²) in [4.78, 5) is 38.3. The van der Waals surface area contributed by atoms with Crippen LogP contribution >= 0.6 is 0 Å². The molecule has 0 amide bonds. The van der Waals surface area contributed by atoms with Crippen molar-refractivity contribution in [2.75, 3.05) is 13.2 Å². The molecule has 0 aromatic heterocycles. The number of rotatable bonds is 56. The van der Waals surface area contributed by atoms with E-state index < -0.39 is 6.10 Å². The molecule has 0 saturated carbocycles. The summed E-state index contributed by atoms with van der Waals surface area (Å²) in [6.45, 7) is 6.36. The maximum Gasteiger partial charge on any atom is 0.306 e. The van der Waals surface area contributed by atoms with Gasteiger partial charge in [0, 0.05) is 19.3 Å². The molecule has 0 heterocycles. The molecule has 6 heteroatoms. The summed E-state index contributed by atoms with van der Waals surface area (Å²) in [5.41, 5.74) is 0. The molecule has 0 aromatic carbocycles. The lowest BCUT2D eigenvalue weighted by molar-refractivity contribution is -0.167. The highest BCUT2D eigenvalue weighted by Gasteiger charge is 2.19. The van der Waals surface area contributed by atoms with Gasteiger partial charge in [-0.1, -0.05) is 275 Å². The van der Waals surface area contributed by atoms with Gasteiger partial charge in [0.05, 0.1) is 0 Å². The van der Waals surface area contributed by atoms with Gasteiger partial charge in [-0.05, 0) is 128 Å². The molecule has 0 aliphatic carbocycles. The Bertz CT molecular complexity index is 1780. The molecular formula is C73H116O6. The van der Waals surface area contributed by atoms with Crippen LogP contribution in [-0.2, 0) is 28.6 Å². The lowest BCUT2D eigenvalue weighted by Crippen LogP contribution is -2.30. The van der Waals surface area contributed by atoms with E-state index >= 15 is 0 Å². The highest BCUT2D eigenvalue weighted by atomic mass is 16.6. The first-order valence-electron chi connectivity index (χ1n) is 32.0. The van der Waals surface area contributed by atoms with Crippen LogP contribution in [0, 0.1) is 0 Å². The van der Waals surface area contributed by atoms with Crippen molar-refractivity contribution in [3.8, 4) is 0 Å². The van der Waals surface area contributed by atoms with Gasteiger partial charge < -0.3 is 14.2 Å². The summed E-state index contributed by atoms with van der Waals surface area (Å²) in [6, 6.07) is 0. The Kier molecular flexibility index (Phi) is 61.4. The topological polar surface area (TPSA) is 78.9 Å². The van der Waals surface area contributed by atoms with E-state index in [-0.39, 0.29) is 37.5 Å². The van der Waals surface area contributed by atoms with Gasteiger partial charge >= 0.3 is 17.9 Å². The van der Waals surface area contributed by atoms with Crippen molar-refractivity contribution >= 4 is 17.9 Å². The molecule has 0 spiro atoms. The Labute approximate surface area is 486 Å². The Morgan fingerprint density at radius 3 is 0.785 bits per heavy atom. The van der Waals surface area contributed by atoms with Gasteiger partial charge in [-0.15, -0.1) is 0 Å². The van der Waals surface area contributed by atoms with Gasteiger partial charge in [0.15, 0.2) is 6.10 Å². The first kappa shape index (κ1) is 74.0. The SMILES string of the molecule is CC/C=C\C/C=C\C/C=C\C/C=C\C/C=C\C/C=C\C/C=C\C/C=C\C/C=C\CCCCCC(=O)OCC(COC(=O)CCCCCCCCCCCCCCC)OC(=O)CCCCCC/C=C\C/C=C\C/C=C\C/C=C\CC. The maximum atomic E-state index is 12.9. The van der Waals surface area contributed by atoms with Crippen molar-refractivity contribution in [1.29, 1.82) is 0 Å². The molecule has 1 atom stereocenters. The molecule has 1 unspecified atom stereocenters. The smallest absolute Gasteiger partial charge is 0.306 e. The van der Waals surface area contributed by atoms with E-state index in [0.717, 1.165) is 161 Å². The van der Waals surface area contributed by atoms with Crippen molar-refractivity contribution < 1.29 is 28.6 Å². The Hall–Kier alpha value is -4.97. The Morgan fingerprint density at radius 1 is 0.266 bits per heavy atom. The summed E-state index contributed by atoms with van der Waals surface area (Å²) >= 11 is 0. The van der Waals surface area contributed by atoms with Crippen molar-refractivity contribution in [2.24, 2.45) is 0 Å². The standard InChI is InChI=1S/C73H116O6/c1-4-7-10-13-16-19-22-25-27-29-30-31-32-33-34-35-36-37-38-39-40-41-42-44-45-48-51-54-57-60-63-66-72(75)78-69-70(68-77-71(74)65-62-59-56-53-50-47-24-21-18-15-12-9-6-3)79-73(76)67-64-61-58-55-52-49-46-43-28-26-23-20-17-14-11-8-5-2/h7-8,10-11,16-17,19-20,25-28,30-31,33-34,36-37,39-40,42,44,46,48-49,51,70H,4-6,9,12-15,18,21-24,29,32,35,38,41,43,45,47,50,52-69H2,1-3H3/b10-7-,11-8-,19-16-,20-17-,27-25-,28-26-,31-30-,34-33-,37-36-,40-39-,44-42-,49-46-,51-48-. The summed E-state index contributed by atoms with van der Waals surface area (Å²) < 4.78 is 16.9. The normalized spacial score (nSPS) is 13.2. The molecule has 0 aliphatic heterocycles. The van der Waals surface area contributed by atoms with E-state index in [1.165, 1.54) is 64.2 Å². The second-order valence-corrected chi connectivity index (χ2v) is 20.6. The van der Waals surface area contributed by atoms with Crippen molar-refractivity contribution in [1.82, 2.24) is 0 Å². The Morgan fingerprint density at radius 2 is 0.494 bits per heavy atom. The second kappa shape index (κ2) is 65.5. The van der Waals surface area contributed by atoms with Crippen LogP contribution in [-0.4, -0.2) is 37.2 Å². The molecule has 0 bridgehead atoms. The summed E-state index contributed by atoms with van der Waals surface area (Å²) in [6.07, 6.45) is 95.3. The number of carbonyl (C=O) groups excluding carboxylic acids is 3. The van der Waals surface area contributed by atoms with Crippen LogP contribution in [0.5, 0.6) is 0 Å². The number of allylic oxidation sites excluding steroid dienone is 26. The molecule has 0 radical (unpaired) electrons. The van der Waals surface area contributed by atoms with Gasteiger partial charge in [0.1, 0.15) is 13.2 Å². The minimum atomic E-state index is -0.811. The summed E-state index contributed by atoms with van der Waals surface area (Å²) in [5.74, 6) is -0.963. The number of hydrogen-bond acceptors (Lipinski definition) is 6. The fourth-order valence-corrected chi connectivity index (χ4v) is 8.31. The van der Waals surface area contributed by atoms with Gasteiger partial charge in [-0.2, -0.15) is 0 Å². The van der Waals surface area contributed by atoms with Gasteiger partial charge in [0.2, 0.25) is 0 Å². The zero-order valence-corrected chi connectivity index (χ0v) is 50.8. The van der Waals surface area contributed by atoms with E-state index in [2.05, 4.69) is 179 Å². The highest BCUT2D eigenvalue weighted by Crippen LogP contribution is 2.15. The van der Waals surface area contributed by atoms with Crippen LogP contribution in [0.4, 0.5) is 0 Å². The van der Waals surface area contributed by atoms with Gasteiger partial charge in [-0.25, -0.2) is 0 Å². The largest absolute Gasteiger partial charge is 0.462 e. The third kappa shape index (κ3) is 63.7. The minimum Gasteiger partial charge on any atom is -0.462 e. The zero-order valence-electron chi connectivity index (χ0n) is 50.8. The van der Waals surface area contributed by atoms with Crippen LogP contribution in [0.1, 0.15) is 265 Å². The average molecular weight is 1090 g/mol. The molecule has 0 saturated heterocycles. The quantitative estimate of drug-likeness (QED) is 0.0261. The number of unbranched alkanes of at least 4 members (excludes halogenated alkanes) is 19. The molecular weight excluding hydrogens is 973 g/mol. The molecule has 79 heavy (non-hydrogen) atoms. The Balaban J connectivity index is 4.42. The molecule has 444 valence electrons. The first-order chi connectivity index (χ1) is 39.0. The van der Waals surface area contributed by atoms with Crippen molar-refractivity contribution in [3.63, 3.8) is 0 Å². The molecule has 0 aromatic rings. The van der Waals surface area contributed by atoms with Crippen LogP contribution in [0.2, 0.25) is 0 Å². The van der Waals surface area contributed by atoms with Gasteiger partial charge in [-0.3, -0.25) is 14.4 Å². The predicted octanol–water partition coefficient (Wildman–Crippen LogP) is 22.1. The summed E-state index contributed by atoms with van der Waals surface area (Å²) in [5, 5.41) is 0. The molecule has 6 nitrogen and oxygen atoms in total. The third-order valence-corrected chi connectivity index (χ3v) is 13.0. The van der Waals surface area contributed by atoms with E-state index in [1.807, 2.05) is 0 Å². The predicted molar refractivity (Wildman–Crippen MR) is 343 cm³/mol. The molecule has 0 N–H and O–H groups in total. The molecule has 0 aliphatic rings. The monoisotopic (exact) mass is 1090 g/mol. The lowest BCUT2D eigenvalue weighted by atomic mass is 10.0. The zero-order chi connectivity index (χ0) is 57.1. The van der Waals surface area contributed by atoms with E-state index in [4.69, 9.17) is 14.2 Å². The number of esters is 3. The van der Waals surface area contributed by atoms with E-state index in [0.29, 0.717) is 12.8 Å². The number of ether oxygens (including phenoxy) is 3. The third-order valence-electron chi connectivity index (χ3n) is 13.0. The fourth-order valence-electron chi connectivity index (χ4n) is 8.31. The molecule has 0 fully saturated rings. The van der Waals surface area contributed by atoms with E-state index in [1.54, 1.807) is 0 Å². The minimum absolute atomic E-state index is 0.103. The summed E-state index contributed by atoms with van der Waals surface area (Å²) in [7, 11) is 0. The maximum absolute atomic E-state index is 12.9. The van der Waals surface area contributed by atoms with Crippen LogP contribution in [0.15, 0.2) is 158 Å². The van der Waals surface area contributed by atoms with Gasteiger partial charge in [0.25, 0.3) is 0 Å². The first-order valence-corrected chi connectivity index (χ1v) is 32.0. The number of carbonyl (C=O) groups is 3. The highest BCUT2D eigenvalue weighted by molar-refractivity contribution is 5.71. The van der Waals surface area contributed by atoms with Crippen LogP contribution in [0.3, 0.4) is 0 Å². The van der Waals surface area contributed by atoms with Crippen molar-refractivity contribution in [2.45, 2.75) is 271 Å². The van der Waals surface area contributed by atoms with Crippen LogP contribution in [0.25, 0.3) is 0 Å². The van der Waals surface area contributed by atoms with Crippen molar-refractivity contribution in [3.05, 3.63) is 158 Å². The molecule has 0 rings (SSSR count). The van der Waals surface area contributed by atoms with Crippen LogP contribution < -0.4 is 0 Å².